The van der Waals surface area contributed by atoms with E-state index in [1.807, 2.05) is 60.8 Å². The summed E-state index contributed by atoms with van der Waals surface area (Å²) in [6.45, 7) is 3.59. The lowest BCUT2D eigenvalue weighted by molar-refractivity contribution is 0.0954. The van der Waals surface area contributed by atoms with Crippen LogP contribution in [0.2, 0.25) is 0 Å². The fourth-order valence-corrected chi connectivity index (χ4v) is 2.49. The molecular weight excluding hydrogens is 324 g/mol. The third-order valence-electron chi connectivity index (χ3n) is 3.84. The Balaban J connectivity index is 2.26. The molecule has 2 rings (SSSR count). The standard InChI is InChI=1S/C21H18N4O/c1-21(2)19(18(15-24)20(26-21)17(13-22)14-23)8-6-4-5-7-16-9-11-25(3)12-10-16/h4-12H,1-3H3. The van der Waals surface area contributed by atoms with Crippen molar-refractivity contribution >= 4 is 0 Å². The first-order chi connectivity index (χ1) is 12.4. The van der Waals surface area contributed by atoms with Crippen LogP contribution in [0.4, 0.5) is 0 Å². The maximum Gasteiger partial charge on any atom is 0.172 e. The summed E-state index contributed by atoms with van der Waals surface area (Å²) in [6.07, 6.45) is 17.2. The Morgan fingerprint density at radius 1 is 1.08 bits per heavy atom. The van der Waals surface area contributed by atoms with Gasteiger partial charge in [-0.15, -0.1) is 0 Å². The first-order valence-electron chi connectivity index (χ1n) is 7.95. The zero-order valence-electron chi connectivity index (χ0n) is 14.9. The molecule has 0 saturated carbocycles. The van der Waals surface area contributed by atoms with Gasteiger partial charge in [-0.25, -0.2) is 0 Å². The highest BCUT2D eigenvalue weighted by Gasteiger charge is 2.38. The van der Waals surface area contributed by atoms with Crippen molar-refractivity contribution in [2.75, 3.05) is 7.05 Å². The number of nitriles is 3. The second-order valence-corrected chi connectivity index (χ2v) is 6.15. The van der Waals surface area contributed by atoms with Crippen LogP contribution in [0.15, 0.2) is 83.0 Å². The smallest absolute Gasteiger partial charge is 0.172 e. The predicted molar refractivity (Wildman–Crippen MR) is 98.5 cm³/mol. The van der Waals surface area contributed by atoms with Crippen molar-refractivity contribution < 1.29 is 4.74 Å². The molecule has 0 N–H and O–H groups in total. The van der Waals surface area contributed by atoms with Crippen molar-refractivity contribution in [1.29, 1.82) is 15.8 Å². The minimum Gasteiger partial charge on any atom is -0.480 e. The molecule has 0 unspecified atom stereocenters. The van der Waals surface area contributed by atoms with Crippen LogP contribution in [0, 0.1) is 34.0 Å². The van der Waals surface area contributed by atoms with E-state index < -0.39 is 5.60 Å². The van der Waals surface area contributed by atoms with Crippen molar-refractivity contribution in [3.63, 3.8) is 0 Å². The van der Waals surface area contributed by atoms with E-state index in [1.54, 1.807) is 38.1 Å². The van der Waals surface area contributed by atoms with Gasteiger partial charge in [-0.05, 0) is 31.6 Å². The third-order valence-corrected chi connectivity index (χ3v) is 3.84. The van der Waals surface area contributed by atoms with Crippen LogP contribution in [0.1, 0.15) is 13.8 Å². The fraction of sp³-hybridized carbons (Fsp3) is 0.190. The summed E-state index contributed by atoms with van der Waals surface area (Å²) >= 11 is 0. The summed E-state index contributed by atoms with van der Waals surface area (Å²) in [7, 11) is 1.96. The Kier molecular flexibility index (Phi) is 5.63. The van der Waals surface area contributed by atoms with Crippen LogP contribution in [0.25, 0.3) is 0 Å². The summed E-state index contributed by atoms with van der Waals surface area (Å²) in [5, 5.41) is 27.6. The monoisotopic (exact) mass is 342 g/mol. The van der Waals surface area contributed by atoms with Gasteiger partial charge in [-0.1, -0.05) is 30.4 Å². The summed E-state index contributed by atoms with van der Waals surface area (Å²) in [4.78, 5) is 1.96. The fourth-order valence-electron chi connectivity index (χ4n) is 2.49. The first-order valence-corrected chi connectivity index (χ1v) is 7.95. The highest BCUT2D eigenvalue weighted by atomic mass is 16.5. The average Bonchev–Trinajstić information content (AvgIpc) is 2.87. The van der Waals surface area contributed by atoms with Gasteiger partial charge in [0.1, 0.15) is 29.4 Å². The molecule has 0 aromatic carbocycles. The largest absolute Gasteiger partial charge is 0.480 e. The summed E-state index contributed by atoms with van der Waals surface area (Å²) in [6, 6.07) is 5.61. The van der Waals surface area contributed by atoms with Crippen LogP contribution in [-0.2, 0) is 4.74 Å². The number of hydrogen-bond acceptors (Lipinski definition) is 5. The molecule has 2 aliphatic rings. The second kappa shape index (κ2) is 7.88. The van der Waals surface area contributed by atoms with Gasteiger partial charge in [-0.2, -0.15) is 15.8 Å². The van der Waals surface area contributed by atoms with Gasteiger partial charge in [0, 0.05) is 25.0 Å². The molecule has 2 heterocycles. The van der Waals surface area contributed by atoms with Gasteiger partial charge in [0.15, 0.2) is 11.3 Å². The van der Waals surface area contributed by atoms with Gasteiger partial charge in [0.2, 0.25) is 0 Å². The van der Waals surface area contributed by atoms with Gasteiger partial charge in [0.25, 0.3) is 0 Å². The lowest BCUT2D eigenvalue weighted by Gasteiger charge is -2.20. The van der Waals surface area contributed by atoms with E-state index in [0.29, 0.717) is 5.57 Å². The Morgan fingerprint density at radius 2 is 1.73 bits per heavy atom. The highest BCUT2D eigenvalue weighted by Crippen LogP contribution is 2.40. The van der Waals surface area contributed by atoms with E-state index in [-0.39, 0.29) is 16.9 Å². The van der Waals surface area contributed by atoms with E-state index in [1.165, 1.54) is 0 Å². The van der Waals surface area contributed by atoms with Crippen molar-refractivity contribution in [3.05, 3.63) is 83.0 Å². The molecule has 0 atom stereocenters. The zero-order chi connectivity index (χ0) is 19.2. The van der Waals surface area contributed by atoms with Gasteiger partial charge in [-0.3, -0.25) is 0 Å². The van der Waals surface area contributed by atoms with Gasteiger partial charge >= 0.3 is 0 Å². The van der Waals surface area contributed by atoms with Crippen LogP contribution in [0.5, 0.6) is 0 Å². The Morgan fingerprint density at radius 3 is 2.31 bits per heavy atom. The van der Waals surface area contributed by atoms with Crippen LogP contribution in [0.3, 0.4) is 0 Å². The van der Waals surface area contributed by atoms with E-state index >= 15 is 0 Å². The number of hydrogen-bond donors (Lipinski definition) is 0. The van der Waals surface area contributed by atoms with Crippen molar-refractivity contribution in [2.24, 2.45) is 0 Å². The predicted octanol–water partition coefficient (Wildman–Crippen LogP) is 3.93. The molecule has 5 nitrogen and oxygen atoms in total. The summed E-state index contributed by atoms with van der Waals surface area (Å²) in [5.74, 6) is 0.0508. The Hall–Kier alpha value is -3.75. The number of ether oxygens (including phenoxy) is 1. The molecule has 0 saturated heterocycles. The first kappa shape index (κ1) is 18.6. The SMILES string of the molecule is CN1C=CC(=CC=CC=CC2=C(C#N)C(=C(C#N)C#N)OC2(C)C)C=C1. The summed E-state index contributed by atoms with van der Waals surface area (Å²) in [5.41, 5.74) is 0.944. The Labute approximate surface area is 153 Å². The van der Waals surface area contributed by atoms with E-state index in [2.05, 4.69) is 0 Å². The Bertz CT molecular complexity index is 900. The topological polar surface area (TPSA) is 83.8 Å². The van der Waals surface area contributed by atoms with Crippen molar-refractivity contribution in [2.45, 2.75) is 19.4 Å². The molecule has 2 aliphatic heterocycles. The number of allylic oxidation sites excluding steroid dienone is 9. The van der Waals surface area contributed by atoms with Gasteiger partial charge < -0.3 is 9.64 Å². The second-order valence-electron chi connectivity index (χ2n) is 6.15. The summed E-state index contributed by atoms with van der Waals surface area (Å²) < 4.78 is 5.70. The maximum absolute atomic E-state index is 9.45. The minimum absolute atomic E-state index is 0.0508. The quantitative estimate of drug-likeness (QED) is 0.573. The molecule has 0 aliphatic carbocycles. The maximum atomic E-state index is 9.45. The lowest BCUT2D eigenvalue weighted by atomic mass is 9.95. The van der Waals surface area contributed by atoms with Crippen LogP contribution in [-0.4, -0.2) is 17.5 Å². The third kappa shape index (κ3) is 4.01. The van der Waals surface area contributed by atoms with E-state index in [4.69, 9.17) is 15.3 Å². The van der Waals surface area contributed by atoms with Crippen LogP contribution >= 0.6 is 0 Å². The van der Waals surface area contributed by atoms with Crippen molar-refractivity contribution in [3.8, 4) is 18.2 Å². The molecule has 0 fully saturated rings. The molecule has 0 amide bonds. The van der Waals surface area contributed by atoms with Gasteiger partial charge in [0.05, 0.1) is 0 Å². The molecule has 0 aromatic rings. The molecule has 0 spiro atoms. The van der Waals surface area contributed by atoms with Crippen molar-refractivity contribution in [1.82, 2.24) is 4.90 Å². The molecule has 0 bridgehead atoms. The minimum atomic E-state index is -0.790. The number of rotatable bonds is 3. The molecule has 0 radical (unpaired) electrons. The number of nitrogens with zero attached hydrogens (tertiary/aromatic N) is 4. The molecule has 0 aromatic heterocycles. The highest BCUT2D eigenvalue weighted by molar-refractivity contribution is 5.60. The molecule has 5 heteroatoms. The van der Waals surface area contributed by atoms with E-state index in [9.17, 15) is 5.26 Å². The zero-order valence-corrected chi connectivity index (χ0v) is 14.9. The molecule has 26 heavy (non-hydrogen) atoms. The lowest BCUT2D eigenvalue weighted by Crippen LogP contribution is -2.20. The average molecular weight is 342 g/mol. The normalized spacial score (nSPS) is 18.1. The van der Waals surface area contributed by atoms with E-state index in [0.717, 1.165) is 5.57 Å². The molecular formula is C21H18N4O. The molecule has 128 valence electrons. The van der Waals surface area contributed by atoms with Crippen LogP contribution < -0.4 is 0 Å².